The number of hydrogen-bond donors (Lipinski definition) is 3. The molecule has 3 aromatic rings. The van der Waals surface area contributed by atoms with E-state index in [2.05, 4.69) is 30.8 Å². The molecule has 3 heterocycles. The average Bonchev–Trinajstić information content (AvgIpc) is 3.07. The van der Waals surface area contributed by atoms with Crippen LogP contribution in [0.5, 0.6) is 0 Å². The first-order valence-corrected chi connectivity index (χ1v) is 9.58. The summed E-state index contributed by atoms with van der Waals surface area (Å²) < 4.78 is 0. The molecule has 0 saturated heterocycles. The van der Waals surface area contributed by atoms with Gasteiger partial charge in [0.1, 0.15) is 0 Å². The van der Waals surface area contributed by atoms with Crippen LogP contribution in [0.4, 0.5) is 5.69 Å². The van der Waals surface area contributed by atoms with E-state index in [0.717, 1.165) is 51.4 Å². The van der Waals surface area contributed by atoms with Gasteiger partial charge in [0, 0.05) is 52.7 Å². The molecule has 0 unspecified atom stereocenters. The molecule has 2 aromatic heterocycles. The Morgan fingerprint density at radius 3 is 2.57 bits per heavy atom. The zero-order valence-corrected chi connectivity index (χ0v) is 17.2. The van der Waals surface area contributed by atoms with Gasteiger partial charge in [0.2, 0.25) is 0 Å². The molecular weight excluding hydrogens is 396 g/mol. The number of halogens is 1. The maximum absolute atomic E-state index is 12.6. The second kappa shape index (κ2) is 8.72. The van der Waals surface area contributed by atoms with Gasteiger partial charge < -0.3 is 10.6 Å². The van der Waals surface area contributed by atoms with E-state index in [-0.39, 0.29) is 18.3 Å². The van der Waals surface area contributed by atoms with Crippen molar-refractivity contribution in [1.82, 2.24) is 25.5 Å². The molecule has 7 nitrogen and oxygen atoms in total. The second-order valence-corrected chi connectivity index (χ2v) is 7.51. The highest BCUT2D eigenvalue weighted by molar-refractivity contribution is 7.99. The number of aromatic amines is 1. The van der Waals surface area contributed by atoms with E-state index in [1.165, 1.54) is 11.8 Å². The largest absolute Gasteiger partial charge is 0.321 e. The monoisotopic (exact) mass is 416 g/mol. The lowest BCUT2D eigenvalue weighted by Gasteiger charge is -2.13. The summed E-state index contributed by atoms with van der Waals surface area (Å²) in [5.74, 6) is -0.200. The van der Waals surface area contributed by atoms with Crippen LogP contribution in [0, 0.1) is 13.8 Å². The lowest BCUT2D eigenvalue weighted by Crippen LogP contribution is -2.25. The van der Waals surface area contributed by atoms with Crippen LogP contribution < -0.4 is 10.6 Å². The minimum Gasteiger partial charge on any atom is -0.321 e. The Bertz CT molecular complexity index is 968. The normalized spacial score (nSPS) is 12.8. The smallest absolute Gasteiger partial charge is 0.276 e. The summed E-state index contributed by atoms with van der Waals surface area (Å²) in [6.45, 7) is 5.49. The Kier molecular flexibility index (Phi) is 6.33. The quantitative estimate of drug-likeness (QED) is 0.565. The SMILES string of the molecule is Cc1cc(C)nc(Sc2ccc(NC(=O)c3n[nH]c4c3CNCC4)cc2)n1.Cl. The third-order valence-electron chi connectivity index (χ3n) is 4.30. The molecule has 0 aliphatic carbocycles. The number of nitrogens with zero attached hydrogens (tertiary/aromatic N) is 3. The molecule has 1 aliphatic rings. The Balaban J connectivity index is 0.00000225. The zero-order chi connectivity index (χ0) is 18.8. The molecule has 1 aromatic carbocycles. The number of anilines is 1. The summed E-state index contributed by atoms with van der Waals surface area (Å²) in [4.78, 5) is 22.4. The summed E-state index contributed by atoms with van der Waals surface area (Å²) in [5, 5.41) is 14.1. The van der Waals surface area contributed by atoms with Gasteiger partial charge in [-0.05, 0) is 55.9 Å². The molecule has 0 spiro atoms. The molecule has 0 radical (unpaired) electrons. The topological polar surface area (TPSA) is 95.6 Å². The standard InChI is InChI=1S/C19H20N6OS.ClH/c1-11-9-12(2)22-19(21-11)27-14-5-3-13(4-6-14)23-18(26)17-15-10-20-8-7-16(15)24-25-17;/h3-6,9,20H,7-8,10H2,1-2H3,(H,23,26)(H,24,25);1H. The number of fused-ring (bicyclic) bond motifs is 1. The Hall–Kier alpha value is -2.42. The van der Waals surface area contributed by atoms with Gasteiger partial charge in [-0.3, -0.25) is 9.89 Å². The summed E-state index contributed by atoms with van der Waals surface area (Å²) in [5.41, 5.74) is 5.08. The van der Waals surface area contributed by atoms with Crippen molar-refractivity contribution in [2.45, 2.75) is 36.9 Å². The molecular formula is C19H21ClN6OS. The number of rotatable bonds is 4. The van der Waals surface area contributed by atoms with Gasteiger partial charge in [-0.15, -0.1) is 12.4 Å². The lowest BCUT2D eigenvalue weighted by molar-refractivity contribution is 0.102. The van der Waals surface area contributed by atoms with Crippen molar-refractivity contribution in [3.05, 3.63) is 58.7 Å². The lowest BCUT2D eigenvalue weighted by atomic mass is 10.1. The molecule has 0 bridgehead atoms. The van der Waals surface area contributed by atoms with Crippen LogP contribution in [0.25, 0.3) is 0 Å². The maximum atomic E-state index is 12.6. The van der Waals surface area contributed by atoms with E-state index in [4.69, 9.17) is 0 Å². The highest BCUT2D eigenvalue weighted by atomic mass is 35.5. The average molecular weight is 417 g/mol. The number of carbonyl (C=O) groups excluding carboxylic acids is 1. The fraction of sp³-hybridized carbons (Fsp3) is 0.263. The molecule has 0 fully saturated rings. The van der Waals surface area contributed by atoms with Crippen LogP contribution in [-0.2, 0) is 13.0 Å². The van der Waals surface area contributed by atoms with Crippen LogP contribution >= 0.6 is 24.2 Å². The first kappa shape index (κ1) is 20.3. The summed E-state index contributed by atoms with van der Waals surface area (Å²) in [7, 11) is 0. The molecule has 28 heavy (non-hydrogen) atoms. The van der Waals surface area contributed by atoms with Gasteiger partial charge in [0.15, 0.2) is 10.9 Å². The van der Waals surface area contributed by atoms with Crippen molar-refractivity contribution < 1.29 is 4.79 Å². The predicted octanol–water partition coefficient (Wildman–Crippen LogP) is 3.29. The number of hydrogen-bond acceptors (Lipinski definition) is 6. The molecule has 3 N–H and O–H groups in total. The maximum Gasteiger partial charge on any atom is 0.276 e. The molecule has 1 aliphatic heterocycles. The van der Waals surface area contributed by atoms with Gasteiger partial charge in [0.25, 0.3) is 5.91 Å². The number of H-pyrrole nitrogens is 1. The van der Waals surface area contributed by atoms with E-state index in [1.807, 2.05) is 44.2 Å². The van der Waals surface area contributed by atoms with E-state index in [9.17, 15) is 4.79 Å². The molecule has 146 valence electrons. The fourth-order valence-corrected chi connectivity index (χ4v) is 3.92. The van der Waals surface area contributed by atoms with Gasteiger partial charge in [0.05, 0.1) is 0 Å². The number of nitrogens with one attached hydrogen (secondary N) is 3. The van der Waals surface area contributed by atoms with Gasteiger partial charge in [-0.1, -0.05) is 0 Å². The molecule has 0 saturated carbocycles. The van der Waals surface area contributed by atoms with Crippen molar-refractivity contribution in [3.63, 3.8) is 0 Å². The number of aryl methyl sites for hydroxylation is 2. The highest BCUT2D eigenvalue weighted by Gasteiger charge is 2.21. The predicted molar refractivity (Wildman–Crippen MR) is 111 cm³/mol. The summed E-state index contributed by atoms with van der Waals surface area (Å²) in [6.07, 6.45) is 0.863. The van der Waals surface area contributed by atoms with Crippen LogP contribution in [-0.4, -0.2) is 32.6 Å². The summed E-state index contributed by atoms with van der Waals surface area (Å²) >= 11 is 1.50. The van der Waals surface area contributed by atoms with E-state index < -0.39 is 0 Å². The number of aromatic nitrogens is 4. The molecule has 1 amide bonds. The van der Waals surface area contributed by atoms with Gasteiger partial charge >= 0.3 is 0 Å². The van der Waals surface area contributed by atoms with Crippen molar-refractivity contribution >= 4 is 35.8 Å². The molecule has 9 heteroatoms. The number of amides is 1. The minimum absolute atomic E-state index is 0. The highest BCUT2D eigenvalue weighted by Crippen LogP contribution is 2.26. The van der Waals surface area contributed by atoms with Crippen molar-refractivity contribution in [2.75, 3.05) is 11.9 Å². The fourth-order valence-electron chi connectivity index (χ4n) is 3.05. The zero-order valence-electron chi connectivity index (χ0n) is 15.6. The van der Waals surface area contributed by atoms with Gasteiger partial charge in [-0.2, -0.15) is 5.10 Å². The Labute approximate surface area is 173 Å². The number of benzene rings is 1. The van der Waals surface area contributed by atoms with Crippen LogP contribution in [0.3, 0.4) is 0 Å². The van der Waals surface area contributed by atoms with E-state index in [0.29, 0.717) is 12.2 Å². The summed E-state index contributed by atoms with van der Waals surface area (Å²) in [6, 6.07) is 9.60. The first-order chi connectivity index (χ1) is 13.1. The molecule has 0 atom stereocenters. The minimum atomic E-state index is -0.200. The Morgan fingerprint density at radius 2 is 1.86 bits per heavy atom. The van der Waals surface area contributed by atoms with Crippen LogP contribution in [0.2, 0.25) is 0 Å². The van der Waals surface area contributed by atoms with Crippen LogP contribution in [0.15, 0.2) is 40.4 Å². The second-order valence-electron chi connectivity index (χ2n) is 6.47. The van der Waals surface area contributed by atoms with Crippen molar-refractivity contribution in [1.29, 1.82) is 0 Å². The van der Waals surface area contributed by atoms with Crippen molar-refractivity contribution in [2.24, 2.45) is 0 Å². The van der Waals surface area contributed by atoms with Gasteiger partial charge in [-0.25, -0.2) is 9.97 Å². The van der Waals surface area contributed by atoms with Crippen molar-refractivity contribution in [3.8, 4) is 0 Å². The first-order valence-electron chi connectivity index (χ1n) is 8.77. The Morgan fingerprint density at radius 1 is 1.14 bits per heavy atom. The van der Waals surface area contributed by atoms with E-state index >= 15 is 0 Å². The number of carbonyl (C=O) groups is 1. The third-order valence-corrected chi connectivity index (χ3v) is 5.18. The van der Waals surface area contributed by atoms with E-state index in [1.54, 1.807) is 0 Å². The molecule has 4 rings (SSSR count). The third kappa shape index (κ3) is 4.52. The van der Waals surface area contributed by atoms with Crippen LogP contribution in [0.1, 0.15) is 33.1 Å².